The van der Waals surface area contributed by atoms with E-state index in [2.05, 4.69) is 31.8 Å². The molecule has 1 aromatic heterocycles. The highest BCUT2D eigenvalue weighted by Crippen LogP contribution is 2.64. The fraction of sp³-hybridized carbons (Fsp3) is 0.789. The van der Waals surface area contributed by atoms with Crippen LogP contribution in [0.1, 0.15) is 58.3 Å². The van der Waals surface area contributed by atoms with Gasteiger partial charge in [0.15, 0.2) is 12.1 Å². The highest BCUT2D eigenvalue weighted by Gasteiger charge is 2.71. The smallest absolute Gasteiger partial charge is 0.191 e. The van der Waals surface area contributed by atoms with Gasteiger partial charge in [-0.3, -0.25) is 0 Å². The minimum absolute atomic E-state index is 0.0752. The largest absolute Gasteiger partial charge is 0.363 e. The predicted molar refractivity (Wildman–Crippen MR) is 85.5 cm³/mol. The van der Waals surface area contributed by atoms with Gasteiger partial charge >= 0.3 is 0 Å². The van der Waals surface area contributed by atoms with Crippen molar-refractivity contribution < 1.29 is 14.2 Å². The number of rotatable bonds is 1. The Hall–Kier alpha value is -0.840. The van der Waals surface area contributed by atoms with Gasteiger partial charge in [-0.05, 0) is 62.0 Å². The van der Waals surface area contributed by atoms with Crippen LogP contribution in [0.2, 0.25) is 0 Å². The van der Waals surface area contributed by atoms with Crippen LogP contribution >= 0.6 is 0 Å². The maximum atomic E-state index is 6.69. The lowest BCUT2D eigenvalue weighted by molar-refractivity contribution is -0.290. The molecule has 1 saturated carbocycles. The van der Waals surface area contributed by atoms with Crippen molar-refractivity contribution in [1.82, 2.24) is 4.98 Å². The summed E-state index contributed by atoms with van der Waals surface area (Å²) < 4.78 is 19.6. The molecule has 4 nitrogen and oxygen atoms in total. The molecule has 8 atom stereocenters. The molecule has 4 aliphatic rings. The van der Waals surface area contributed by atoms with Crippen LogP contribution < -0.4 is 0 Å². The second-order valence-electron chi connectivity index (χ2n) is 8.39. The van der Waals surface area contributed by atoms with Crippen LogP contribution in [0.5, 0.6) is 0 Å². The lowest BCUT2D eigenvalue weighted by atomic mass is 9.56. The highest BCUT2D eigenvalue weighted by atomic mass is 16.8. The van der Waals surface area contributed by atoms with Gasteiger partial charge in [0.25, 0.3) is 0 Å². The molecular weight excluding hydrogens is 290 g/mol. The van der Waals surface area contributed by atoms with Crippen LogP contribution in [-0.4, -0.2) is 22.7 Å². The van der Waals surface area contributed by atoms with Gasteiger partial charge in [0.05, 0.1) is 0 Å². The van der Waals surface area contributed by atoms with Crippen molar-refractivity contribution in [2.45, 2.75) is 70.2 Å². The molecule has 0 radical (unpaired) electrons. The molecule has 4 heterocycles. The van der Waals surface area contributed by atoms with Crippen molar-refractivity contribution >= 4 is 0 Å². The summed E-state index contributed by atoms with van der Waals surface area (Å²) in [6, 6.07) is 4.18. The molecule has 23 heavy (non-hydrogen) atoms. The van der Waals surface area contributed by atoms with Crippen LogP contribution in [-0.2, 0) is 14.2 Å². The molecule has 1 spiro atoms. The Morgan fingerprint density at radius 1 is 1.17 bits per heavy atom. The first-order chi connectivity index (χ1) is 11.0. The molecule has 0 amide bonds. The summed E-state index contributed by atoms with van der Waals surface area (Å²) in [4.78, 5) is 3.35. The van der Waals surface area contributed by atoms with Crippen molar-refractivity contribution in [1.29, 1.82) is 0 Å². The monoisotopic (exact) mass is 317 g/mol. The Labute approximate surface area is 137 Å². The van der Waals surface area contributed by atoms with Crippen molar-refractivity contribution in [2.75, 3.05) is 0 Å². The standard InChI is InChI=1S/C19H27NO3/c1-11-6-7-14-12(2)16(15-5-4-10-20-15)21-17-19(14)13(11)8-9-18(3,22-17)23-19/h4-5,10-14,16-17,20H,6-9H2,1-3H3/t11-,12-,13+,14+,16?,17-,18-,19-/m1/s1. The molecule has 3 saturated heterocycles. The molecule has 3 aliphatic heterocycles. The summed E-state index contributed by atoms with van der Waals surface area (Å²) >= 11 is 0. The lowest BCUT2D eigenvalue weighted by Gasteiger charge is -2.58. The third kappa shape index (κ3) is 1.77. The molecular formula is C19H27NO3. The van der Waals surface area contributed by atoms with Gasteiger partial charge in [-0.15, -0.1) is 0 Å². The third-order valence-corrected chi connectivity index (χ3v) is 7.12. The van der Waals surface area contributed by atoms with Gasteiger partial charge in [0.1, 0.15) is 11.7 Å². The van der Waals surface area contributed by atoms with Crippen LogP contribution in [0.4, 0.5) is 0 Å². The number of nitrogens with one attached hydrogen (secondary N) is 1. The molecule has 4 heteroatoms. The van der Waals surface area contributed by atoms with E-state index in [1.165, 1.54) is 19.3 Å². The Balaban J connectivity index is 1.59. The number of hydrogen-bond donors (Lipinski definition) is 1. The maximum Gasteiger partial charge on any atom is 0.191 e. The zero-order chi connectivity index (χ0) is 15.8. The van der Waals surface area contributed by atoms with Gasteiger partial charge in [-0.1, -0.05) is 13.8 Å². The van der Waals surface area contributed by atoms with E-state index in [4.69, 9.17) is 14.2 Å². The topological polar surface area (TPSA) is 43.5 Å². The first-order valence-electron chi connectivity index (χ1n) is 9.20. The van der Waals surface area contributed by atoms with E-state index in [0.29, 0.717) is 23.7 Å². The van der Waals surface area contributed by atoms with Crippen molar-refractivity contribution in [3.8, 4) is 0 Å². The number of hydrogen-bond acceptors (Lipinski definition) is 3. The molecule has 1 aromatic rings. The molecule has 1 unspecified atom stereocenters. The Morgan fingerprint density at radius 2 is 2.04 bits per heavy atom. The van der Waals surface area contributed by atoms with Crippen molar-refractivity contribution in [3.05, 3.63) is 24.0 Å². The van der Waals surface area contributed by atoms with Crippen LogP contribution in [0.15, 0.2) is 18.3 Å². The number of aromatic amines is 1. The summed E-state index contributed by atoms with van der Waals surface area (Å²) in [7, 11) is 0. The van der Waals surface area contributed by atoms with Crippen molar-refractivity contribution in [3.63, 3.8) is 0 Å². The van der Waals surface area contributed by atoms with E-state index in [1.807, 2.05) is 12.3 Å². The molecule has 0 aromatic carbocycles. The molecule has 2 bridgehead atoms. The van der Waals surface area contributed by atoms with E-state index in [9.17, 15) is 0 Å². The second-order valence-corrected chi connectivity index (χ2v) is 8.39. The first kappa shape index (κ1) is 14.5. The SMILES string of the molecule is C[C@@H]1CC[C@H]2[C@@H](C)C(c3ccc[nH]3)O[C@@H]3O[C@@]4(C)CC[C@@H]1[C@]32O4. The molecule has 1 N–H and O–H groups in total. The average Bonchev–Trinajstić information content (AvgIpc) is 3.10. The zero-order valence-electron chi connectivity index (χ0n) is 14.2. The van der Waals surface area contributed by atoms with Crippen LogP contribution in [0, 0.1) is 23.7 Å². The van der Waals surface area contributed by atoms with Gasteiger partial charge in [-0.2, -0.15) is 0 Å². The Morgan fingerprint density at radius 3 is 2.83 bits per heavy atom. The summed E-state index contributed by atoms with van der Waals surface area (Å²) in [6.07, 6.45) is 6.53. The minimum Gasteiger partial charge on any atom is -0.363 e. The normalized spacial score (nSPS) is 54.7. The quantitative estimate of drug-likeness (QED) is 0.851. The van der Waals surface area contributed by atoms with E-state index in [-0.39, 0.29) is 18.0 Å². The molecule has 4 fully saturated rings. The lowest BCUT2D eigenvalue weighted by Crippen LogP contribution is -2.64. The zero-order valence-corrected chi connectivity index (χ0v) is 14.2. The first-order valence-corrected chi connectivity index (χ1v) is 9.20. The summed E-state index contributed by atoms with van der Waals surface area (Å²) in [6.45, 7) is 6.82. The summed E-state index contributed by atoms with van der Waals surface area (Å²) in [5.74, 6) is 1.74. The Bertz CT molecular complexity index is 602. The average molecular weight is 317 g/mol. The number of fused-ring (bicyclic) bond motifs is 1. The number of ether oxygens (including phenoxy) is 3. The van der Waals surface area contributed by atoms with E-state index in [0.717, 1.165) is 12.1 Å². The minimum atomic E-state index is -0.458. The Kier molecular flexibility index (Phi) is 2.91. The molecule has 1 aliphatic carbocycles. The molecule has 126 valence electrons. The van der Waals surface area contributed by atoms with E-state index < -0.39 is 5.79 Å². The second kappa shape index (κ2) is 4.62. The number of H-pyrrole nitrogens is 1. The summed E-state index contributed by atoms with van der Waals surface area (Å²) in [5.41, 5.74) is 0.936. The van der Waals surface area contributed by atoms with Crippen LogP contribution in [0.25, 0.3) is 0 Å². The maximum absolute atomic E-state index is 6.69. The third-order valence-electron chi connectivity index (χ3n) is 7.12. The van der Waals surface area contributed by atoms with Gasteiger partial charge in [0, 0.05) is 18.3 Å². The summed E-state index contributed by atoms with van der Waals surface area (Å²) in [5, 5.41) is 0. The highest BCUT2D eigenvalue weighted by molar-refractivity contribution is 5.17. The fourth-order valence-electron chi connectivity index (χ4n) is 6.05. The fourth-order valence-corrected chi connectivity index (χ4v) is 6.05. The van der Waals surface area contributed by atoms with E-state index >= 15 is 0 Å². The number of aromatic nitrogens is 1. The molecule has 5 rings (SSSR count). The van der Waals surface area contributed by atoms with Gasteiger partial charge in [-0.25, -0.2) is 0 Å². The van der Waals surface area contributed by atoms with Crippen molar-refractivity contribution in [2.24, 2.45) is 23.7 Å². The van der Waals surface area contributed by atoms with Gasteiger partial charge < -0.3 is 19.2 Å². The van der Waals surface area contributed by atoms with Gasteiger partial charge in [0.2, 0.25) is 0 Å². The predicted octanol–water partition coefficient (Wildman–Crippen LogP) is 4.01. The van der Waals surface area contributed by atoms with E-state index in [1.54, 1.807) is 0 Å². The van der Waals surface area contributed by atoms with Crippen LogP contribution in [0.3, 0.4) is 0 Å².